The van der Waals surface area contributed by atoms with E-state index in [1.165, 1.54) is 0 Å². The second-order valence-electron chi connectivity index (χ2n) is 5.75. The third-order valence-electron chi connectivity index (χ3n) is 3.56. The first-order valence-electron chi connectivity index (χ1n) is 7.86. The monoisotopic (exact) mass is 386 g/mol. The molecular weight excluding hydrogens is 371 g/mol. The molecule has 0 unspecified atom stereocenters. The number of carbonyl (C=O) groups is 1. The van der Waals surface area contributed by atoms with Gasteiger partial charge < -0.3 is 10.6 Å². The van der Waals surface area contributed by atoms with Gasteiger partial charge in [-0.15, -0.1) is 0 Å². The normalized spacial score (nSPS) is 10.5. The highest BCUT2D eigenvalue weighted by atomic mass is 35.5. The molecule has 0 spiro atoms. The quantitative estimate of drug-likeness (QED) is 0.629. The summed E-state index contributed by atoms with van der Waals surface area (Å²) in [7, 11) is 0. The number of aryl methyl sites for hydroxylation is 2. The number of anilines is 3. The minimum absolute atomic E-state index is 0.261. The van der Waals surface area contributed by atoms with E-state index < -0.39 is 0 Å². The van der Waals surface area contributed by atoms with Crippen molar-refractivity contribution in [1.82, 2.24) is 9.97 Å². The van der Waals surface area contributed by atoms with Gasteiger partial charge in [0.15, 0.2) is 0 Å². The van der Waals surface area contributed by atoms with E-state index in [0.717, 1.165) is 17.1 Å². The summed E-state index contributed by atoms with van der Waals surface area (Å²) in [6.07, 6.45) is 0. The molecule has 0 aliphatic rings. The Morgan fingerprint density at radius 1 is 0.923 bits per heavy atom. The van der Waals surface area contributed by atoms with Gasteiger partial charge in [0.2, 0.25) is 5.95 Å². The lowest BCUT2D eigenvalue weighted by Crippen LogP contribution is -2.12. The van der Waals surface area contributed by atoms with Gasteiger partial charge in [0, 0.05) is 27.7 Å². The highest BCUT2D eigenvalue weighted by molar-refractivity contribution is 6.36. The highest BCUT2D eigenvalue weighted by Gasteiger charge is 2.09. The third kappa shape index (κ3) is 4.50. The van der Waals surface area contributed by atoms with Gasteiger partial charge in [-0.05, 0) is 62.4 Å². The van der Waals surface area contributed by atoms with Gasteiger partial charge in [0.25, 0.3) is 5.91 Å². The minimum Gasteiger partial charge on any atom is -0.324 e. The Morgan fingerprint density at radius 2 is 1.58 bits per heavy atom. The summed E-state index contributed by atoms with van der Waals surface area (Å²) in [5.41, 5.74) is 3.57. The smallest absolute Gasteiger partial charge is 0.255 e. The van der Waals surface area contributed by atoms with Crippen molar-refractivity contribution in [3.8, 4) is 0 Å². The third-order valence-corrected chi connectivity index (χ3v) is 4.11. The summed E-state index contributed by atoms with van der Waals surface area (Å²) in [6, 6.07) is 13.8. The number of halogens is 2. The average Bonchev–Trinajstić information content (AvgIpc) is 2.57. The molecule has 5 nitrogen and oxygen atoms in total. The summed E-state index contributed by atoms with van der Waals surface area (Å²) in [5, 5.41) is 6.79. The van der Waals surface area contributed by atoms with Crippen molar-refractivity contribution in [3.63, 3.8) is 0 Å². The van der Waals surface area contributed by atoms with E-state index >= 15 is 0 Å². The largest absolute Gasteiger partial charge is 0.324 e. The molecule has 0 aliphatic carbocycles. The molecule has 0 saturated carbocycles. The molecule has 7 heteroatoms. The Kier molecular flexibility index (Phi) is 5.40. The molecule has 132 valence electrons. The molecule has 0 aliphatic heterocycles. The minimum atomic E-state index is -0.261. The Bertz CT molecular complexity index is 938. The SMILES string of the molecule is Cc1cc(C)nc(Nc2ccc(C(=O)Nc3ccc(Cl)cc3Cl)cc2)n1. The van der Waals surface area contributed by atoms with Crippen molar-refractivity contribution in [2.75, 3.05) is 10.6 Å². The number of hydrogen-bond donors (Lipinski definition) is 2. The van der Waals surface area contributed by atoms with Crippen LogP contribution in [-0.4, -0.2) is 15.9 Å². The van der Waals surface area contributed by atoms with Crippen LogP contribution >= 0.6 is 23.2 Å². The van der Waals surface area contributed by atoms with Crippen LogP contribution in [0, 0.1) is 13.8 Å². The number of aromatic nitrogens is 2. The van der Waals surface area contributed by atoms with Crippen LogP contribution in [-0.2, 0) is 0 Å². The van der Waals surface area contributed by atoms with Crippen molar-refractivity contribution >= 4 is 46.4 Å². The lowest BCUT2D eigenvalue weighted by molar-refractivity contribution is 0.102. The zero-order chi connectivity index (χ0) is 18.7. The summed E-state index contributed by atoms with van der Waals surface area (Å²) < 4.78 is 0. The average molecular weight is 387 g/mol. The maximum absolute atomic E-state index is 12.4. The number of benzene rings is 2. The number of hydrogen-bond acceptors (Lipinski definition) is 4. The van der Waals surface area contributed by atoms with E-state index in [-0.39, 0.29) is 5.91 Å². The van der Waals surface area contributed by atoms with Crippen molar-refractivity contribution < 1.29 is 4.79 Å². The highest BCUT2D eigenvalue weighted by Crippen LogP contribution is 2.26. The molecule has 1 amide bonds. The Balaban J connectivity index is 1.71. The molecule has 0 atom stereocenters. The van der Waals surface area contributed by atoms with E-state index in [1.54, 1.807) is 42.5 Å². The van der Waals surface area contributed by atoms with E-state index in [4.69, 9.17) is 23.2 Å². The predicted molar refractivity (Wildman–Crippen MR) is 106 cm³/mol. The second-order valence-corrected chi connectivity index (χ2v) is 6.60. The summed E-state index contributed by atoms with van der Waals surface area (Å²) in [6.45, 7) is 3.82. The maximum atomic E-state index is 12.4. The van der Waals surface area contributed by atoms with Crippen LogP contribution < -0.4 is 10.6 Å². The lowest BCUT2D eigenvalue weighted by Gasteiger charge is -2.09. The molecule has 3 aromatic rings. The van der Waals surface area contributed by atoms with Crippen LogP contribution in [0.3, 0.4) is 0 Å². The van der Waals surface area contributed by atoms with Gasteiger partial charge in [0.05, 0.1) is 10.7 Å². The molecule has 1 aromatic heterocycles. The fourth-order valence-corrected chi connectivity index (χ4v) is 2.86. The summed E-state index contributed by atoms with van der Waals surface area (Å²) in [4.78, 5) is 21.0. The molecular formula is C19H16Cl2N4O. The molecule has 0 saturated heterocycles. The van der Waals surface area contributed by atoms with Crippen LogP contribution in [0.25, 0.3) is 0 Å². The second kappa shape index (κ2) is 7.72. The molecule has 0 radical (unpaired) electrons. The van der Waals surface area contributed by atoms with Gasteiger partial charge in [-0.3, -0.25) is 4.79 Å². The maximum Gasteiger partial charge on any atom is 0.255 e. The molecule has 1 heterocycles. The van der Waals surface area contributed by atoms with Gasteiger partial charge in [0.1, 0.15) is 0 Å². The van der Waals surface area contributed by atoms with E-state index in [2.05, 4.69) is 20.6 Å². The standard InChI is InChI=1S/C19H16Cl2N4O/c1-11-9-12(2)23-19(22-11)24-15-6-3-13(4-7-15)18(26)25-17-8-5-14(20)10-16(17)21/h3-10H,1-2H3,(H,25,26)(H,22,23,24). The van der Waals surface area contributed by atoms with Gasteiger partial charge in [-0.2, -0.15) is 0 Å². The van der Waals surface area contributed by atoms with Crippen LogP contribution in [0.4, 0.5) is 17.3 Å². The first-order valence-corrected chi connectivity index (χ1v) is 8.62. The topological polar surface area (TPSA) is 66.9 Å². The Labute approximate surface area is 161 Å². The van der Waals surface area contributed by atoms with Crippen molar-refractivity contribution in [2.45, 2.75) is 13.8 Å². The number of carbonyl (C=O) groups excluding carboxylic acids is 1. The number of nitrogens with one attached hydrogen (secondary N) is 2. The fourth-order valence-electron chi connectivity index (χ4n) is 2.40. The summed E-state index contributed by atoms with van der Waals surface area (Å²) >= 11 is 11.9. The van der Waals surface area contributed by atoms with Gasteiger partial charge in [-0.1, -0.05) is 23.2 Å². The van der Waals surface area contributed by atoms with Crippen molar-refractivity contribution in [3.05, 3.63) is 75.5 Å². The van der Waals surface area contributed by atoms with Crippen LogP contribution in [0.2, 0.25) is 10.0 Å². The van der Waals surface area contributed by atoms with Crippen LogP contribution in [0.5, 0.6) is 0 Å². The predicted octanol–water partition coefficient (Wildman–Crippen LogP) is 5.40. The number of rotatable bonds is 4. The van der Waals surface area contributed by atoms with Gasteiger partial charge in [-0.25, -0.2) is 9.97 Å². The number of nitrogens with zero attached hydrogens (tertiary/aromatic N) is 2. The zero-order valence-corrected chi connectivity index (χ0v) is 15.7. The van der Waals surface area contributed by atoms with Crippen molar-refractivity contribution in [2.24, 2.45) is 0 Å². The fraction of sp³-hybridized carbons (Fsp3) is 0.105. The molecule has 0 bridgehead atoms. The molecule has 3 rings (SSSR count). The molecule has 0 fully saturated rings. The lowest BCUT2D eigenvalue weighted by atomic mass is 10.2. The van der Waals surface area contributed by atoms with Crippen LogP contribution in [0.15, 0.2) is 48.5 Å². The van der Waals surface area contributed by atoms with Gasteiger partial charge >= 0.3 is 0 Å². The van der Waals surface area contributed by atoms with E-state index in [0.29, 0.717) is 27.2 Å². The van der Waals surface area contributed by atoms with Crippen molar-refractivity contribution in [1.29, 1.82) is 0 Å². The first kappa shape index (κ1) is 18.2. The van der Waals surface area contributed by atoms with Crippen LogP contribution in [0.1, 0.15) is 21.7 Å². The molecule has 26 heavy (non-hydrogen) atoms. The Hall–Kier alpha value is -2.63. The van der Waals surface area contributed by atoms with E-state index in [1.807, 2.05) is 19.9 Å². The summed E-state index contributed by atoms with van der Waals surface area (Å²) in [5.74, 6) is 0.260. The Morgan fingerprint density at radius 3 is 2.19 bits per heavy atom. The molecule has 2 aromatic carbocycles. The zero-order valence-electron chi connectivity index (χ0n) is 14.2. The number of amides is 1. The first-order chi connectivity index (χ1) is 12.4. The molecule has 2 N–H and O–H groups in total. The van der Waals surface area contributed by atoms with E-state index in [9.17, 15) is 4.79 Å².